The van der Waals surface area contributed by atoms with E-state index in [0.29, 0.717) is 17.9 Å². The molecular weight excluding hydrogens is 402 g/mol. The van der Waals surface area contributed by atoms with E-state index in [4.69, 9.17) is 9.47 Å². The third kappa shape index (κ3) is 5.19. The quantitative estimate of drug-likeness (QED) is 0.558. The van der Waals surface area contributed by atoms with Crippen molar-refractivity contribution in [1.82, 2.24) is 4.98 Å². The second-order valence-corrected chi connectivity index (χ2v) is 7.99. The van der Waals surface area contributed by atoms with Gasteiger partial charge in [-0.15, -0.1) is 0 Å². The lowest BCUT2D eigenvalue weighted by Gasteiger charge is -2.26. The van der Waals surface area contributed by atoms with Crippen LogP contribution in [0.1, 0.15) is 27.8 Å². The Kier molecular flexibility index (Phi) is 7.36. The average molecular weight is 434 g/mol. The molecule has 1 aromatic heterocycles. The Morgan fingerprint density at radius 1 is 1.06 bits per heavy atom. The monoisotopic (exact) mass is 433 g/mol. The number of rotatable bonds is 8. The number of carbonyl (C=O) groups excluding carboxylic acids is 1. The first-order valence-corrected chi connectivity index (χ1v) is 10.6. The van der Waals surface area contributed by atoms with Crippen molar-refractivity contribution in [2.24, 2.45) is 0 Å². The molecule has 1 amide bonds. The molecule has 0 radical (unpaired) electrons. The summed E-state index contributed by atoms with van der Waals surface area (Å²) in [5.74, 6) is 1.32. The summed E-state index contributed by atoms with van der Waals surface area (Å²) in [7, 11) is 5.19. The van der Waals surface area contributed by atoms with E-state index in [1.165, 1.54) is 22.3 Å². The first-order chi connectivity index (χ1) is 15.3. The van der Waals surface area contributed by atoms with Gasteiger partial charge in [0, 0.05) is 25.2 Å². The van der Waals surface area contributed by atoms with Crippen LogP contribution in [0.15, 0.2) is 48.8 Å². The fraction of sp³-hybridized carbons (Fsp3) is 0.308. The SMILES string of the molecule is COc1ccc(OC)c(N(C)CC(=O)Nc2cccnc2)c1Cc1cc(C)cc(C)c1C. The maximum atomic E-state index is 12.7. The van der Waals surface area contributed by atoms with Gasteiger partial charge in [0.1, 0.15) is 11.5 Å². The van der Waals surface area contributed by atoms with E-state index in [2.05, 4.69) is 43.2 Å². The molecule has 0 unspecified atom stereocenters. The molecule has 2 aromatic carbocycles. The molecular formula is C26H31N3O3. The molecule has 0 saturated heterocycles. The lowest BCUT2D eigenvalue weighted by molar-refractivity contribution is -0.114. The number of aryl methyl sites for hydroxylation is 2. The number of nitrogens with zero attached hydrogens (tertiary/aromatic N) is 2. The number of pyridine rings is 1. The van der Waals surface area contributed by atoms with Crippen LogP contribution in [-0.2, 0) is 11.2 Å². The summed E-state index contributed by atoms with van der Waals surface area (Å²) in [4.78, 5) is 18.7. The number of likely N-dealkylation sites (N-methyl/N-ethyl adjacent to an activating group) is 1. The highest BCUT2D eigenvalue weighted by Gasteiger charge is 2.21. The molecule has 3 aromatic rings. The van der Waals surface area contributed by atoms with Gasteiger partial charge >= 0.3 is 0 Å². The smallest absolute Gasteiger partial charge is 0.243 e. The predicted octanol–water partition coefficient (Wildman–Crippen LogP) is 4.69. The van der Waals surface area contributed by atoms with Crippen molar-refractivity contribution in [1.29, 1.82) is 0 Å². The van der Waals surface area contributed by atoms with E-state index >= 15 is 0 Å². The van der Waals surface area contributed by atoms with Crippen LogP contribution in [0, 0.1) is 20.8 Å². The van der Waals surface area contributed by atoms with Gasteiger partial charge in [-0.05, 0) is 61.7 Å². The average Bonchev–Trinajstić information content (AvgIpc) is 2.77. The van der Waals surface area contributed by atoms with Gasteiger partial charge in [0.25, 0.3) is 0 Å². The molecule has 0 atom stereocenters. The molecule has 0 fully saturated rings. The van der Waals surface area contributed by atoms with E-state index in [-0.39, 0.29) is 12.5 Å². The number of amides is 1. The van der Waals surface area contributed by atoms with E-state index in [1.54, 1.807) is 32.7 Å². The summed E-state index contributed by atoms with van der Waals surface area (Å²) in [5, 5.41) is 2.89. The number of methoxy groups -OCH3 is 2. The zero-order valence-corrected chi connectivity index (χ0v) is 19.7. The number of aromatic nitrogens is 1. The normalized spacial score (nSPS) is 10.6. The summed E-state index contributed by atoms with van der Waals surface area (Å²) >= 11 is 0. The van der Waals surface area contributed by atoms with Gasteiger partial charge in [-0.25, -0.2) is 0 Å². The number of benzene rings is 2. The fourth-order valence-corrected chi connectivity index (χ4v) is 3.98. The molecule has 0 spiro atoms. The van der Waals surface area contributed by atoms with Crippen LogP contribution >= 0.6 is 0 Å². The third-order valence-electron chi connectivity index (χ3n) is 5.64. The minimum absolute atomic E-state index is 0.140. The number of hydrogen-bond acceptors (Lipinski definition) is 5. The van der Waals surface area contributed by atoms with E-state index in [9.17, 15) is 4.79 Å². The highest BCUT2D eigenvalue weighted by atomic mass is 16.5. The first kappa shape index (κ1) is 23.1. The molecule has 6 nitrogen and oxygen atoms in total. The summed E-state index contributed by atoms with van der Waals surface area (Å²) in [6.07, 6.45) is 3.96. The van der Waals surface area contributed by atoms with Crippen LogP contribution < -0.4 is 19.7 Å². The Hall–Kier alpha value is -3.54. The fourth-order valence-electron chi connectivity index (χ4n) is 3.98. The van der Waals surface area contributed by atoms with Crippen molar-refractivity contribution >= 4 is 17.3 Å². The first-order valence-electron chi connectivity index (χ1n) is 10.6. The van der Waals surface area contributed by atoms with Gasteiger partial charge in [0.05, 0.1) is 38.3 Å². The third-order valence-corrected chi connectivity index (χ3v) is 5.64. The van der Waals surface area contributed by atoms with Gasteiger partial charge in [0.15, 0.2) is 0 Å². The number of hydrogen-bond donors (Lipinski definition) is 1. The molecule has 32 heavy (non-hydrogen) atoms. The molecule has 168 valence electrons. The van der Waals surface area contributed by atoms with Crippen LogP contribution in [0.3, 0.4) is 0 Å². The second-order valence-electron chi connectivity index (χ2n) is 7.99. The molecule has 1 N–H and O–H groups in total. The number of carbonyl (C=O) groups is 1. The summed E-state index contributed by atoms with van der Waals surface area (Å²) in [6.45, 7) is 6.53. The lowest BCUT2D eigenvalue weighted by Crippen LogP contribution is -2.31. The van der Waals surface area contributed by atoms with Gasteiger partial charge in [-0.2, -0.15) is 0 Å². The highest BCUT2D eigenvalue weighted by Crippen LogP contribution is 2.39. The zero-order valence-electron chi connectivity index (χ0n) is 19.7. The van der Waals surface area contributed by atoms with Crippen LogP contribution in [0.2, 0.25) is 0 Å². The number of nitrogens with one attached hydrogen (secondary N) is 1. The van der Waals surface area contributed by atoms with Crippen LogP contribution in [0.5, 0.6) is 11.5 Å². The van der Waals surface area contributed by atoms with Gasteiger partial charge < -0.3 is 19.7 Å². The van der Waals surface area contributed by atoms with Gasteiger partial charge in [0.2, 0.25) is 5.91 Å². The molecule has 6 heteroatoms. The van der Waals surface area contributed by atoms with E-state index in [1.807, 2.05) is 30.1 Å². The number of ether oxygens (including phenoxy) is 2. The molecule has 1 heterocycles. The zero-order chi connectivity index (χ0) is 23.3. The van der Waals surface area contributed by atoms with Crippen molar-refractivity contribution in [2.45, 2.75) is 27.2 Å². The molecule has 0 saturated carbocycles. The Bertz CT molecular complexity index is 1100. The summed E-state index contributed by atoms with van der Waals surface area (Å²) in [5.41, 5.74) is 7.44. The van der Waals surface area contributed by atoms with E-state index in [0.717, 1.165) is 17.0 Å². The van der Waals surface area contributed by atoms with Crippen molar-refractivity contribution < 1.29 is 14.3 Å². The van der Waals surface area contributed by atoms with Crippen LogP contribution in [-0.4, -0.2) is 38.7 Å². The molecule has 0 aliphatic rings. The van der Waals surface area contributed by atoms with Crippen LogP contribution in [0.25, 0.3) is 0 Å². The van der Waals surface area contributed by atoms with Crippen molar-refractivity contribution in [2.75, 3.05) is 38.0 Å². The summed E-state index contributed by atoms with van der Waals surface area (Å²) < 4.78 is 11.4. The number of anilines is 2. The molecule has 3 rings (SSSR count). The standard InChI is InChI=1S/C26H31N3O3/c1-17-12-18(2)19(3)20(13-17)14-22-23(31-5)9-10-24(32-6)26(22)29(4)16-25(30)28-21-8-7-11-27-15-21/h7-13,15H,14,16H2,1-6H3,(H,28,30). The molecule has 0 bridgehead atoms. The Morgan fingerprint density at radius 3 is 2.44 bits per heavy atom. The molecule has 0 aliphatic heterocycles. The van der Waals surface area contributed by atoms with Gasteiger partial charge in [-0.3, -0.25) is 9.78 Å². The molecule has 0 aliphatic carbocycles. The maximum Gasteiger partial charge on any atom is 0.243 e. The van der Waals surface area contributed by atoms with Crippen molar-refractivity contribution in [3.05, 3.63) is 76.6 Å². The van der Waals surface area contributed by atoms with Crippen molar-refractivity contribution in [3.63, 3.8) is 0 Å². The largest absolute Gasteiger partial charge is 0.496 e. The Morgan fingerprint density at radius 2 is 1.78 bits per heavy atom. The predicted molar refractivity (Wildman–Crippen MR) is 129 cm³/mol. The Labute approximate surface area is 190 Å². The van der Waals surface area contributed by atoms with Crippen molar-refractivity contribution in [3.8, 4) is 11.5 Å². The van der Waals surface area contributed by atoms with Crippen LogP contribution in [0.4, 0.5) is 11.4 Å². The van der Waals surface area contributed by atoms with Gasteiger partial charge in [-0.1, -0.05) is 17.7 Å². The summed E-state index contributed by atoms with van der Waals surface area (Å²) in [6, 6.07) is 11.8. The van der Waals surface area contributed by atoms with E-state index < -0.39 is 0 Å². The Balaban J connectivity index is 1.98. The topological polar surface area (TPSA) is 63.7 Å². The lowest BCUT2D eigenvalue weighted by atomic mass is 9.93. The maximum absolute atomic E-state index is 12.7. The second kappa shape index (κ2) is 10.2. The minimum atomic E-state index is -0.140. The highest BCUT2D eigenvalue weighted by molar-refractivity contribution is 5.94. The minimum Gasteiger partial charge on any atom is -0.496 e.